The average molecular weight is 662 g/mol. The molecule has 252 valence electrons. The Morgan fingerprint density at radius 3 is 2.33 bits per heavy atom. The van der Waals surface area contributed by atoms with E-state index in [-0.39, 0.29) is 32.3 Å². The zero-order valence-corrected chi connectivity index (χ0v) is 27.4. The summed E-state index contributed by atoms with van der Waals surface area (Å²) in [6.45, 7) is 8.23. The van der Waals surface area contributed by atoms with Crippen molar-refractivity contribution in [3.63, 3.8) is 0 Å². The predicted molar refractivity (Wildman–Crippen MR) is 166 cm³/mol. The molecule has 0 radical (unpaired) electrons. The summed E-state index contributed by atoms with van der Waals surface area (Å²) in [5.74, 6) is -2.95. The van der Waals surface area contributed by atoms with Crippen LogP contribution in [0.3, 0.4) is 0 Å². The molecular formula is C31H43N5O9S. The number of amides is 5. The minimum absolute atomic E-state index is 0.0457. The highest BCUT2D eigenvalue weighted by molar-refractivity contribution is 7.89. The van der Waals surface area contributed by atoms with Gasteiger partial charge in [-0.15, -0.1) is 6.58 Å². The van der Waals surface area contributed by atoms with Gasteiger partial charge >= 0.3 is 12.2 Å². The molecular weight excluding hydrogens is 618 g/mol. The van der Waals surface area contributed by atoms with E-state index in [0.717, 1.165) is 42.4 Å². The van der Waals surface area contributed by atoms with Crippen molar-refractivity contribution in [2.75, 3.05) is 19.5 Å². The molecule has 2 saturated carbocycles. The number of alkyl carbamates (subject to hydrolysis) is 1. The Hall–Kier alpha value is -4.14. The Labute approximate surface area is 269 Å². The fraction of sp³-hybridized carbons (Fsp3) is 0.581. The normalized spacial score (nSPS) is 23.7. The third-order valence-electron chi connectivity index (χ3n) is 8.42. The first kappa shape index (κ1) is 34.7. The Morgan fingerprint density at radius 1 is 1.11 bits per heavy atom. The molecule has 1 heterocycles. The summed E-state index contributed by atoms with van der Waals surface area (Å²) < 4.78 is 36.5. The quantitative estimate of drug-likeness (QED) is 0.316. The van der Waals surface area contributed by atoms with Gasteiger partial charge in [0.15, 0.2) is 0 Å². The number of hydrogen-bond donors (Lipinski definition) is 3. The van der Waals surface area contributed by atoms with E-state index in [1.54, 1.807) is 45.0 Å². The van der Waals surface area contributed by atoms with Crippen LogP contribution in [0.2, 0.25) is 0 Å². The maximum Gasteiger partial charge on any atom is 0.411 e. The summed E-state index contributed by atoms with van der Waals surface area (Å²) in [5, 5.41) is 5.30. The van der Waals surface area contributed by atoms with Gasteiger partial charge in [0.1, 0.15) is 37.0 Å². The molecule has 4 rings (SSSR count). The number of sulfonamides is 1. The molecule has 1 saturated heterocycles. The van der Waals surface area contributed by atoms with Crippen molar-refractivity contribution in [1.29, 1.82) is 0 Å². The van der Waals surface area contributed by atoms with Crippen LogP contribution in [0.5, 0.6) is 0 Å². The lowest BCUT2D eigenvalue weighted by atomic mass is 9.85. The summed E-state index contributed by atoms with van der Waals surface area (Å²) in [7, 11) is -3.95. The summed E-state index contributed by atoms with van der Waals surface area (Å²) in [6.07, 6.45) is 3.90. The second-order valence-electron chi connectivity index (χ2n) is 13.2. The molecule has 2 aliphatic carbocycles. The van der Waals surface area contributed by atoms with E-state index >= 15 is 0 Å². The van der Waals surface area contributed by atoms with Crippen molar-refractivity contribution in [2.45, 2.75) is 83.2 Å². The van der Waals surface area contributed by atoms with Crippen molar-refractivity contribution < 1.29 is 41.9 Å². The molecule has 14 nitrogen and oxygen atoms in total. The molecule has 1 aromatic carbocycles. The SMILES string of the molecule is C=C[C@@H]1C[C@]1(NC(=O)[C@@H]1CN(C(=O)OCc2ccccc2)CN1C(=O)[C@@H](NC(=O)OC1CCCC1)C(C)(C)C)C(=O)NS(C)(=O)=O. The summed E-state index contributed by atoms with van der Waals surface area (Å²) in [5.41, 5.74) is -1.71. The Morgan fingerprint density at radius 2 is 1.76 bits per heavy atom. The lowest BCUT2D eigenvalue weighted by Crippen LogP contribution is -2.60. The fourth-order valence-corrected chi connectivity index (χ4v) is 6.28. The van der Waals surface area contributed by atoms with Gasteiger partial charge in [-0.25, -0.2) is 18.0 Å². The van der Waals surface area contributed by atoms with E-state index < -0.39 is 68.9 Å². The molecule has 46 heavy (non-hydrogen) atoms. The number of nitrogens with zero attached hydrogens (tertiary/aromatic N) is 2. The van der Waals surface area contributed by atoms with Crippen LogP contribution in [0.1, 0.15) is 58.4 Å². The van der Waals surface area contributed by atoms with Crippen molar-refractivity contribution >= 4 is 39.9 Å². The second kappa shape index (κ2) is 13.7. The monoisotopic (exact) mass is 661 g/mol. The molecule has 3 aliphatic rings. The fourth-order valence-electron chi connectivity index (χ4n) is 5.76. The van der Waals surface area contributed by atoms with Gasteiger partial charge in [-0.3, -0.25) is 24.0 Å². The van der Waals surface area contributed by atoms with Crippen LogP contribution < -0.4 is 15.4 Å². The third-order valence-corrected chi connectivity index (χ3v) is 8.98. The van der Waals surface area contributed by atoms with E-state index in [1.165, 1.54) is 11.0 Å². The molecule has 5 amide bonds. The van der Waals surface area contributed by atoms with Crippen LogP contribution in [0.15, 0.2) is 43.0 Å². The van der Waals surface area contributed by atoms with Gasteiger partial charge in [0.05, 0.1) is 12.8 Å². The van der Waals surface area contributed by atoms with Gasteiger partial charge in [0.2, 0.25) is 21.8 Å². The number of carbonyl (C=O) groups excluding carboxylic acids is 5. The first-order valence-electron chi connectivity index (χ1n) is 15.2. The van der Waals surface area contributed by atoms with Crippen molar-refractivity contribution in [1.82, 2.24) is 25.2 Å². The highest BCUT2D eigenvalue weighted by atomic mass is 32.2. The maximum atomic E-state index is 14.2. The van der Waals surface area contributed by atoms with E-state index in [1.807, 2.05) is 10.8 Å². The van der Waals surface area contributed by atoms with Crippen LogP contribution in [-0.4, -0.2) is 91.3 Å². The summed E-state index contributed by atoms with van der Waals surface area (Å²) >= 11 is 0. The van der Waals surface area contributed by atoms with E-state index in [9.17, 15) is 32.4 Å². The minimum Gasteiger partial charge on any atom is -0.446 e. The Kier molecular flexibility index (Phi) is 10.3. The second-order valence-corrected chi connectivity index (χ2v) is 14.9. The molecule has 0 bridgehead atoms. The highest BCUT2D eigenvalue weighted by Crippen LogP contribution is 2.45. The smallest absolute Gasteiger partial charge is 0.411 e. The van der Waals surface area contributed by atoms with Gasteiger partial charge < -0.3 is 25.0 Å². The van der Waals surface area contributed by atoms with E-state index in [0.29, 0.717) is 0 Å². The number of carbonyl (C=O) groups is 5. The predicted octanol–water partition coefficient (Wildman–Crippen LogP) is 2.01. The zero-order chi connectivity index (χ0) is 33.9. The third kappa shape index (κ3) is 8.36. The molecule has 0 aromatic heterocycles. The van der Waals surface area contributed by atoms with Crippen molar-refractivity contribution in [3.8, 4) is 0 Å². The van der Waals surface area contributed by atoms with Crippen LogP contribution in [-0.2, 0) is 40.5 Å². The van der Waals surface area contributed by atoms with Crippen LogP contribution >= 0.6 is 0 Å². The number of benzene rings is 1. The van der Waals surface area contributed by atoms with Crippen LogP contribution in [0, 0.1) is 11.3 Å². The van der Waals surface area contributed by atoms with Crippen LogP contribution in [0.4, 0.5) is 9.59 Å². The van der Waals surface area contributed by atoms with Gasteiger partial charge in [-0.1, -0.05) is 57.2 Å². The average Bonchev–Trinajstić information content (AvgIpc) is 3.27. The first-order chi connectivity index (χ1) is 21.5. The van der Waals surface area contributed by atoms with Gasteiger partial charge in [0.25, 0.3) is 5.91 Å². The molecule has 1 aromatic rings. The Bertz CT molecular complexity index is 1460. The number of ether oxygens (including phenoxy) is 2. The maximum absolute atomic E-state index is 14.2. The number of nitrogens with one attached hydrogen (secondary N) is 3. The van der Waals surface area contributed by atoms with Crippen molar-refractivity contribution in [3.05, 3.63) is 48.6 Å². The molecule has 15 heteroatoms. The largest absolute Gasteiger partial charge is 0.446 e. The topological polar surface area (TPSA) is 181 Å². The summed E-state index contributed by atoms with van der Waals surface area (Å²) in [4.78, 5) is 69.4. The lowest BCUT2D eigenvalue weighted by Gasteiger charge is -2.35. The Balaban J connectivity index is 1.57. The van der Waals surface area contributed by atoms with E-state index in [4.69, 9.17) is 9.47 Å². The number of rotatable bonds is 10. The number of hydrogen-bond acceptors (Lipinski definition) is 9. The van der Waals surface area contributed by atoms with E-state index in [2.05, 4.69) is 17.2 Å². The van der Waals surface area contributed by atoms with Gasteiger partial charge in [-0.2, -0.15) is 0 Å². The highest BCUT2D eigenvalue weighted by Gasteiger charge is 2.61. The summed E-state index contributed by atoms with van der Waals surface area (Å²) in [6, 6.07) is 6.51. The van der Waals surface area contributed by atoms with Gasteiger partial charge in [0, 0.05) is 5.92 Å². The molecule has 3 fully saturated rings. The van der Waals surface area contributed by atoms with Crippen LogP contribution in [0.25, 0.3) is 0 Å². The van der Waals surface area contributed by atoms with Gasteiger partial charge in [-0.05, 0) is 43.1 Å². The first-order valence-corrected chi connectivity index (χ1v) is 17.1. The zero-order valence-electron chi connectivity index (χ0n) is 26.6. The molecule has 4 atom stereocenters. The standard InChI is InChI=1S/C31H43N5O9S/c1-6-21-16-31(21,27(39)34-46(5,42)43)33-25(37)23-17-35(29(41)44-18-20-12-8-7-9-13-20)19-36(23)26(38)24(30(2,3)4)32-28(40)45-22-14-10-11-15-22/h6-9,12-13,21-24H,1,10-11,14-19H2,2-5H3,(H,32,40)(H,33,37)(H,34,39)/t21-,23+,24-,31-/m1/s1. The lowest BCUT2D eigenvalue weighted by molar-refractivity contribution is -0.142. The molecule has 0 spiro atoms. The molecule has 0 unspecified atom stereocenters. The van der Waals surface area contributed by atoms with Crippen molar-refractivity contribution in [2.24, 2.45) is 11.3 Å². The molecule has 3 N–H and O–H groups in total. The minimum atomic E-state index is -3.95. The molecule has 1 aliphatic heterocycles.